The molecule has 0 saturated heterocycles. The van der Waals surface area contributed by atoms with Crippen molar-refractivity contribution in [2.75, 3.05) is 6.54 Å². The van der Waals surface area contributed by atoms with Crippen LogP contribution in [0.1, 0.15) is 5.56 Å². The van der Waals surface area contributed by atoms with Gasteiger partial charge in [0.2, 0.25) is 0 Å². The fraction of sp³-hybridized carbons (Fsp3) is 0.143. The largest absolute Gasteiger partial charge is 0.330 e. The molecule has 5 heteroatoms. The zero-order valence-electron chi connectivity index (χ0n) is 9.89. The highest BCUT2D eigenvalue weighted by molar-refractivity contribution is 6.49. The van der Waals surface area contributed by atoms with Gasteiger partial charge in [-0.1, -0.05) is 58.5 Å². The van der Waals surface area contributed by atoms with Crippen molar-refractivity contribution in [1.82, 2.24) is 0 Å². The van der Waals surface area contributed by atoms with Crippen LogP contribution in [0, 0.1) is 0 Å². The van der Waals surface area contributed by atoms with Crippen molar-refractivity contribution in [2.45, 2.75) is 6.42 Å². The topological polar surface area (TPSA) is 26.0 Å². The summed E-state index contributed by atoms with van der Waals surface area (Å²) in [5.41, 5.74) is 8.26. The Morgan fingerprint density at radius 1 is 0.789 bits per heavy atom. The second-order valence-corrected chi connectivity index (χ2v) is 5.65. The zero-order chi connectivity index (χ0) is 14.0. The lowest BCUT2D eigenvalue weighted by Gasteiger charge is -2.11. The van der Waals surface area contributed by atoms with Crippen LogP contribution in [0.25, 0.3) is 11.1 Å². The van der Waals surface area contributed by atoms with Crippen molar-refractivity contribution < 1.29 is 0 Å². The highest BCUT2D eigenvalue weighted by Gasteiger charge is 2.13. The van der Waals surface area contributed by atoms with Gasteiger partial charge in [-0.15, -0.1) is 0 Å². The van der Waals surface area contributed by atoms with E-state index >= 15 is 0 Å². The molecule has 100 valence electrons. The second kappa shape index (κ2) is 6.34. The summed E-state index contributed by atoms with van der Waals surface area (Å²) in [6.07, 6.45) is 0.781. The monoisotopic (exact) mass is 333 g/mol. The molecule has 0 aliphatic rings. The minimum absolute atomic E-state index is 0.334. The third-order valence-electron chi connectivity index (χ3n) is 2.79. The Labute approximate surface area is 132 Å². The standard InChI is InChI=1S/C14H11Cl4N/c15-11-3-1-8(5-6-19)7-10(11)9-2-4-12(16)14(18)13(9)17/h1-4,7H,5-6,19H2. The van der Waals surface area contributed by atoms with E-state index in [9.17, 15) is 0 Å². The van der Waals surface area contributed by atoms with Gasteiger partial charge in [-0.05, 0) is 36.7 Å². The first-order valence-corrected chi connectivity index (χ1v) is 7.18. The second-order valence-electron chi connectivity index (χ2n) is 4.08. The molecule has 0 saturated carbocycles. The first kappa shape index (κ1) is 15.0. The first-order valence-electron chi connectivity index (χ1n) is 5.67. The highest BCUT2D eigenvalue weighted by Crippen LogP contribution is 2.40. The van der Waals surface area contributed by atoms with Gasteiger partial charge >= 0.3 is 0 Å². The van der Waals surface area contributed by atoms with Gasteiger partial charge in [-0.2, -0.15) is 0 Å². The van der Waals surface area contributed by atoms with E-state index in [1.807, 2.05) is 24.3 Å². The molecule has 0 bridgehead atoms. The van der Waals surface area contributed by atoms with Crippen LogP contribution in [0.3, 0.4) is 0 Å². The summed E-state index contributed by atoms with van der Waals surface area (Å²) in [7, 11) is 0. The van der Waals surface area contributed by atoms with Crippen molar-refractivity contribution in [2.24, 2.45) is 5.73 Å². The van der Waals surface area contributed by atoms with Gasteiger partial charge in [0.25, 0.3) is 0 Å². The minimum atomic E-state index is 0.334. The molecule has 19 heavy (non-hydrogen) atoms. The SMILES string of the molecule is NCCc1ccc(Cl)c(-c2ccc(Cl)c(Cl)c2Cl)c1. The molecule has 2 aromatic carbocycles. The van der Waals surface area contributed by atoms with Gasteiger partial charge in [0.15, 0.2) is 0 Å². The molecule has 0 heterocycles. The van der Waals surface area contributed by atoms with Crippen LogP contribution >= 0.6 is 46.4 Å². The number of halogens is 4. The average molecular weight is 335 g/mol. The summed E-state index contributed by atoms with van der Waals surface area (Å²) in [6, 6.07) is 9.27. The van der Waals surface area contributed by atoms with Gasteiger partial charge in [-0.25, -0.2) is 0 Å². The maximum atomic E-state index is 6.23. The molecule has 2 aromatic rings. The number of rotatable bonds is 3. The first-order chi connectivity index (χ1) is 9.04. The fourth-order valence-corrected chi connectivity index (χ4v) is 2.69. The lowest BCUT2D eigenvalue weighted by molar-refractivity contribution is 0.969. The molecule has 1 nitrogen and oxygen atoms in total. The van der Waals surface area contributed by atoms with E-state index in [2.05, 4.69) is 0 Å². The van der Waals surface area contributed by atoms with Gasteiger partial charge in [0.05, 0.1) is 15.1 Å². The molecule has 0 aromatic heterocycles. The van der Waals surface area contributed by atoms with E-state index in [4.69, 9.17) is 52.1 Å². The Hall–Kier alpha value is -0.440. The zero-order valence-corrected chi connectivity index (χ0v) is 12.9. The molecule has 0 spiro atoms. The Morgan fingerprint density at radius 3 is 2.16 bits per heavy atom. The van der Waals surface area contributed by atoms with Gasteiger partial charge in [0, 0.05) is 16.1 Å². The Morgan fingerprint density at radius 2 is 1.47 bits per heavy atom. The van der Waals surface area contributed by atoms with E-state index < -0.39 is 0 Å². The molecule has 0 aliphatic carbocycles. The summed E-state index contributed by atoms with van der Waals surface area (Å²) in [5, 5.41) is 1.77. The lowest BCUT2D eigenvalue weighted by Crippen LogP contribution is -2.02. The predicted octanol–water partition coefficient (Wildman–Crippen LogP) is 5.47. The summed E-state index contributed by atoms with van der Waals surface area (Å²) >= 11 is 24.5. The van der Waals surface area contributed by atoms with Gasteiger partial charge in [-0.3, -0.25) is 0 Å². The van der Waals surface area contributed by atoms with E-state index in [0.29, 0.717) is 26.6 Å². The third kappa shape index (κ3) is 3.18. The van der Waals surface area contributed by atoms with Crippen LogP contribution in [0.2, 0.25) is 20.1 Å². The van der Waals surface area contributed by atoms with Gasteiger partial charge < -0.3 is 5.73 Å². The summed E-state index contributed by atoms with van der Waals surface area (Å²) < 4.78 is 0. The van der Waals surface area contributed by atoms with Gasteiger partial charge in [0.1, 0.15) is 0 Å². The molecule has 0 fully saturated rings. The smallest absolute Gasteiger partial charge is 0.0784 e. The van der Waals surface area contributed by atoms with Crippen molar-refractivity contribution in [3.63, 3.8) is 0 Å². The molecule has 0 atom stereocenters. The molecule has 0 amide bonds. The molecular formula is C14H11Cl4N. The van der Waals surface area contributed by atoms with Crippen LogP contribution in [0.5, 0.6) is 0 Å². The van der Waals surface area contributed by atoms with E-state index in [1.165, 1.54) is 0 Å². The molecule has 2 rings (SSSR count). The van der Waals surface area contributed by atoms with E-state index in [1.54, 1.807) is 6.07 Å². The number of hydrogen-bond donors (Lipinski definition) is 1. The van der Waals surface area contributed by atoms with Crippen LogP contribution in [0.15, 0.2) is 30.3 Å². The number of hydrogen-bond acceptors (Lipinski definition) is 1. The molecule has 0 radical (unpaired) electrons. The Bertz CT molecular complexity index is 611. The fourth-order valence-electron chi connectivity index (χ4n) is 1.83. The summed E-state index contributed by atoms with van der Waals surface area (Å²) in [4.78, 5) is 0. The third-order valence-corrected chi connectivity index (χ3v) is 4.41. The van der Waals surface area contributed by atoms with Crippen molar-refractivity contribution in [3.8, 4) is 11.1 Å². The summed E-state index contributed by atoms with van der Waals surface area (Å²) in [6.45, 7) is 0.580. The predicted molar refractivity (Wildman–Crippen MR) is 84.7 cm³/mol. The Kier molecular flexibility index (Phi) is 4.99. The Balaban J connectivity index is 2.58. The summed E-state index contributed by atoms with van der Waals surface area (Å²) in [5.74, 6) is 0. The molecule has 2 N–H and O–H groups in total. The highest BCUT2D eigenvalue weighted by atomic mass is 35.5. The van der Waals surface area contributed by atoms with Crippen LogP contribution in [-0.4, -0.2) is 6.54 Å². The molecule has 0 unspecified atom stereocenters. The van der Waals surface area contributed by atoms with Crippen molar-refractivity contribution in [1.29, 1.82) is 0 Å². The normalized spacial score (nSPS) is 10.8. The van der Waals surface area contributed by atoms with Crippen LogP contribution in [0.4, 0.5) is 0 Å². The average Bonchev–Trinajstić information content (AvgIpc) is 2.39. The minimum Gasteiger partial charge on any atom is -0.330 e. The quantitative estimate of drug-likeness (QED) is 0.740. The lowest BCUT2D eigenvalue weighted by atomic mass is 10.0. The number of nitrogens with two attached hydrogens (primary N) is 1. The maximum absolute atomic E-state index is 6.23. The maximum Gasteiger partial charge on any atom is 0.0784 e. The van der Waals surface area contributed by atoms with E-state index in [0.717, 1.165) is 23.1 Å². The van der Waals surface area contributed by atoms with E-state index in [-0.39, 0.29) is 0 Å². The van der Waals surface area contributed by atoms with Crippen LogP contribution < -0.4 is 5.73 Å². The van der Waals surface area contributed by atoms with Crippen LogP contribution in [-0.2, 0) is 6.42 Å². The van der Waals surface area contributed by atoms with Crippen molar-refractivity contribution in [3.05, 3.63) is 56.0 Å². The molecule has 0 aliphatic heterocycles. The van der Waals surface area contributed by atoms with Crippen molar-refractivity contribution >= 4 is 46.4 Å². The number of benzene rings is 2. The molecular weight excluding hydrogens is 324 g/mol.